The molecule has 0 radical (unpaired) electrons. The summed E-state index contributed by atoms with van der Waals surface area (Å²) in [6.07, 6.45) is 12.8. The third-order valence-electron chi connectivity index (χ3n) is 6.20. The predicted molar refractivity (Wildman–Crippen MR) is 92.3 cm³/mol. The average molecular weight is 336 g/mol. The smallest absolute Gasteiger partial charge is 0.0596 e. The van der Waals surface area contributed by atoms with Crippen molar-refractivity contribution in [2.45, 2.75) is 101 Å². The van der Waals surface area contributed by atoms with Gasteiger partial charge in [-0.1, -0.05) is 0 Å². The summed E-state index contributed by atoms with van der Waals surface area (Å²) in [5, 5.41) is 29.9. The van der Waals surface area contributed by atoms with E-state index in [0.29, 0.717) is 49.3 Å². The molecular formula is C16H32N8. The first kappa shape index (κ1) is 15.9. The van der Waals surface area contributed by atoms with E-state index in [-0.39, 0.29) is 0 Å². The minimum atomic E-state index is 0.413. The summed E-state index contributed by atoms with van der Waals surface area (Å²) in [5.74, 6) is 0. The number of rotatable bonds is 0. The van der Waals surface area contributed by atoms with Crippen LogP contribution in [0.5, 0.6) is 0 Å². The van der Waals surface area contributed by atoms with Crippen LogP contribution < -0.4 is 42.5 Å². The van der Waals surface area contributed by atoms with Gasteiger partial charge in [-0.2, -0.15) is 0 Å². The maximum absolute atomic E-state index is 3.75. The molecule has 0 atom stereocenters. The molecule has 5 heterocycles. The largest absolute Gasteiger partial charge is 0.286 e. The van der Waals surface area contributed by atoms with Crippen LogP contribution in [0.1, 0.15) is 51.4 Å². The SMILES string of the molecule is C1CC2NC1NC1CCC(N1)NC1CCC(N1)NC1CCC(N1)N2. The highest BCUT2D eigenvalue weighted by molar-refractivity contribution is 4.93. The van der Waals surface area contributed by atoms with E-state index in [1.807, 2.05) is 0 Å². The van der Waals surface area contributed by atoms with Crippen LogP contribution in [0.4, 0.5) is 0 Å². The molecule has 0 aromatic rings. The second-order valence-electron chi connectivity index (χ2n) is 8.06. The Morgan fingerprint density at radius 3 is 0.500 bits per heavy atom. The van der Waals surface area contributed by atoms with Crippen molar-refractivity contribution in [3.8, 4) is 0 Å². The summed E-state index contributed by atoms with van der Waals surface area (Å²) in [7, 11) is 0. The van der Waals surface area contributed by atoms with Crippen LogP contribution in [0, 0.1) is 0 Å². The molecule has 8 N–H and O–H groups in total. The number of hydrogen-bond acceptors (Lipinski definition) is 8. The Morgan fingerprint density at radius 2 is 0.375 bits per heavy atom. The van der Waals surface area contributed by atoms with Gasteiger partial charge in [0.15, 0.2) is 0 Å². The third-order valence-corrected chi connectivity index (χ3v) is 6.20. The van der Waals surface area contributed by atoms with E-state index in [0.717, 1.165) is 0 Å². The minimum absolute atomic E-state index is 0.413. The van der Waals surface area contributed by atoms with E-state index in [2.05, 4.69) is 42.5 Å². The molecule has 0 saturated carbocycles. The van der Waals surface area contributed by atoms with Crippen LogP contribution in [0.3, 0.4) is 0 Å². The summed E-state index contributed by atoms with van der Waals surface area (Å²) in [6, 6.07) is 0. The van der Waals surface area contributed by atoms with E-state index in [4.69, 9.17) is 0 Å². The van der Waals surface area contributed by atoms with Gasteiger partial charge in [-0.25, -0.2) is 0 Å². The molecule has 0 unspecified atom stereocenters. The van der Waals surface area contributed by atoms with Crippen LogP contribution >= 0.6 is 0 Å². The number of hydrogen-bond donors (Lipinski definition) is 8. The number of fused-ring (bicyclic) bond motifs is 8. The van der Waals surface area contributed by atoms with Gasteiger partial charge in [0.25, 0.3) is 0 Å². The third kappa shape index (κ3) is 3.47. The van der Waals surface area contributed by atoms with Crippen molar-refractivity contribution in [2.24, 2.45) is 0 Å². The second kappa shape index (κ2) is 6.77. The molecule has 5 fully saturated rings. The predicted octanol–water partition coefficient (Wildman–Crippen LogP) is -1.50. The number of nitrogens with one attached hydrogen (secondary N) is 8. The van der Waals surface area contributed by atoms with Crippen molar-refractivity contribution in [3.05, 3.63) is 0 Å². The fraction of sp³-hybridized carbons (Fsp3) is 1.00. The molecule has 8 bridgehead atoms. The first-order valence-electron chi connectivity index (χ1n) is 9.88. The molecule has 24 heavy (non-hydrogen) atoms. The lowest BCUT2D eigenvalue weighted by molar-refractivity contribution is 0.294. The summed E-state index contributed by atoms with van der Waals surface area (Å²) >= 11 is 0. The first-order valence-corrected chi connectivity index (χ1v) is 9.88. The van der Waals surface area contributed by atoms with Crippen molar-refractivity contribution in [2.75, 3.05) is 0 Å². The zero-order valence-electron chi connectivity index (χ0n) is 14.3. The molecule has 5 aliphatic rings. The molecule has 0 aliphatic carbocycles. The highest BCUT2D eigenvalue weighted by Gasteiger charge is 2.35. The van der Waals surface area contributed by atoms with Gasteiger partial charge in [0.1, 0.15) is 0 Å². The van der Waals surface area contributed by atoms with Gasteiger partial charge in [0.2, 0.25) is 0 Å². The molecule has 0 aromatic heterocycles. The highest BCUT2D eigenvalue weighted by Crippen LogP contribution is 2.19. The topological polar surface area (TPSA) is 96.2 Å². The van der Waals surface area contributed by atoms with Gasteiger partial charge in [-0.05, 0) is 51.4 Å². The van der Waals surface area contributed by atoms with Crippen LogP contribution in [0.2, 0.25) is 0 Å². The maximum atomic E-state index is 3.75. The van der Waals surface area contributed by atoms with E-state index >= 15 is 0 Å². The zero-order valence-corrected chi connectivity index (χ0v) is 14.3. The van der Waals surface area contributed by atoms with Crippen LogP contribution in [0.15, 0.2) is 0 Å². The molecule has 5 rings (SSSR count). The van der Waals surface area contributed by atoms with Gasteiger partial charge < -0.3 is 0 Å². The van der Waals surface area contributed by atoms with Crippen molar-refractivity contribution in [1.29, 1.82) is 0 Å². The Morgan fingerprint density at radius 1 is 0.250 bits per heavy atom. The Labute approximate surface area is 144 Å². The summed E-state index contributed by atoms with van der Waals surface area (Å²) < 4.78 is 0. The van der Waals surface area contributed by atoms with Crippen molar-refractivity contribution >= 4 is 0 Å². The quantitative estimate of drug-likeness (QED) is 0.271. The highest BCUT2D eigenvalue weighted by atomic mass is 15.4. The fourth-order valence-electron chi connectivity index (χ4n) is 4.99. The molecule has 0 spiro atoms. The fourth-order valence-corrected chi connectivity index (χ4v) is 4.99. The Kier molecular flexibility index (Phi) is 4.48. The van der Waals surface area contributed by atoms with E-state index in [9.17, 15) is 0 Å². The van der Waals surface area contributed by atoms with Gasteiger partial charge in [-0.15, -0.1) is 0 Å². The molecule has 5 saturated heterocycles. The van der Waals surface area contributed by atoms with Crippen molar-refractivity contribution in [1.82, 2.24) is 42.5 Å². The summed E-state index contributed by atoms with van der Waals surface area (Å²) in [4.78, 5) is 0. The molecule has 5 aliphatic heterocycles. The van der Waals surface area contributed by atoms with Crippen molar-refractivity contribution < 1.29 is 0 Å². The average Bonchev–Trinajstić information content (AvgIpc) is 3.32. The molecular weight excluding hydrogens is 304 g/mol. The van der Waals surface area contributed by atoms with Crippen LogP contribution in [0.25, 0.3) is 0 Å². The molecule has 8 nitrogen and oxygen atoms in total. The maximum Gasteiger partial charge on any atom is 0.0596 e. The lowest BCUT2D eigenvalue weighted by Crippen LogP contribution is -2.59. The van der Waals surface area contributed by atoms with E-state index in [1.165, 1.54) is 51.4 Å². The monoisotopic (exact) mass is 336 g/mol. The second-order valence-corrected chi connectivity index (χ2v) is 8.06. The van der Waals surface area contributed by atoms with Gasteiger partial charge in [0.05, 0.1) is 49.3 Å². The molecule has 136 valence electrons. The minimum Gasteiger partial charge on any atom is -0.286 e. The molecule has 8 heteroatoms. The molecule has 0 amide bonds. The summed E-state index contributed by atoms with van der Waals surface area (Å²) in [6.45, 7) is 0. The van der Waals surface area contributed by atoms with Gasteiger partial charge in [-0.3, -0.25) is 42.5 Å². The first-order chi connectivity index (χ1) is 11.8. The molecule has 0 aromatic carbocycles. The Balaban J connectivity index is 1.27. The van der Waals surface area contributed by atoms with Crippen molar-refractivity contribution in [3.63, 3.8) is 0 Å². The van der Waals surface area contributed by atoms with Gasteiger partial charge >= 0.3 is 0 Å². The lowest BCUT2D eigenvalue weighted by atomic mass is 10.2. The van der Waals surface area contributed by atoms with E-state index in [1.54, 1.807) is 0 Å². The van der Waals surface area contributed by atoms with Crippen LogP contribution in [-0.4, -0.2) is 49.3 Å². The zero-order chi connectivity index (χ0) is 15.9. The van der Waals surface area contributed by atoms with E-state index < -0.39 is 0 Å². The van der Waals surface area contributed by atoms with Crippen LogP contribution in [-0.2, 0) is 0 Å². The Hall–Kier alpha value is -0.320. The normalized spacial score (nSPS) is 52.0. The lowest BCUT2D eigenvalue weighted by Gasteiger charge is -2.27. The van der Waals surface area contributed by atoms with Gasteiger partial charge in [0, 0.05) is 0 Å². The standard InChI is InChI=1S/C16H32N8/c1-2-10-17-9(1)21-11-3-4-13(18-11)23-15-7-8-16(20-15)24-14-6-5-12(19-14)22-10/h9-24H,1-8H2. The summed E-state index contributed by atoms with van der Waals surface area (Å²) in [5.41, 5.74) is 0. The Bertz CT molecular complexity index is 336.